The Morgan fingerprint density at radius 3 is 2.41 bits per heavy atom. The van der Waals surface area contributed by atoms with Crippen molar-refractivity contribution in [3.8, 4) is 0 Å². The molecule has 0 bridgehead atoms. The molecule has 5 heteroatoms. The van der Waals surface area contributed by atoms with Gasteiger partial charge in [0.25, 0.3) is 0 Å². The lowest BCUT2D eigenvalue weighted by molar-refractivity contribution is 0.101. The lowest BCUT2D eigenvalue weighted by Gasteiger charge is -2.08. The summed E-state index contributed by atoms with van der Waals surface area (Å²) in [4.78, 5) is 13.6. The summed E-state index contributed by atoms with van der Waals surface area (Å²) >= 11 is 1.38. The Bertz CT molecular complexity index is 376. The van der Waals surface area contributed by atoms with Crippen LogP contribution in [0.3, 0.4) is 0 Å². The van der Waals surface area contributed by atoms with E-state index in [0.717, 1.165) is 24.4 Å². The standard InChI is InChI=1S/C12H15F2NOS/c1-15(2)6-7-17-8-11(16)12-9(13)4-3-5-10(12)14/h3-5H,6-8H2,1-2H3. The molecule has 0 fully saturated rings. The molecule has 0 atom stereocenters. The number of thioether (sulfide) groups is 1. The van der Waals surface area contributed by atoms with E-state index in [-0.39, 0.29) is 5.75 Å². The number of ketones is 1. The van der Waals surface area contributed by atoms with Crippen molar-refractivity contribution in [2.75, 3.05) is 32.1 Å². The number of hydrogen-bond acceptors (Lipinski definition) is 3. The van der Waals surface area contributed by atoms with E-state index in [2.05, 4.69) is 0 Å². The highest BCUT2D eigenvalue weighted by Crippen LogP contribution is 2.15. The molecule has 1 aromatic carbocycles. The number of nitrogens with zero attached hydrogens (tertiary/aromatic N) is 1. The molecule has 0 aliphatic rings. The summed E-state index contributed by atoms with van der Waals surface area (Å²) < 4.78 is 26.5. The fourth-order valence-electron chi connectivity index (χ4n) is 1.25. The van der Waals surface area contributed by atoms with Crippen LogP contribution in [0.5, 0.6) is 0 Å². The topological polar surface area (TPSA) is 20.3 Å². The van der Waals surface area contributed by atoms with Crippen LogP contribution < -0.4 is 0 Å². The van der Waals surface area contributed by atoms with E-state index in [4.69, 9.17) is 0 Å². The third-order valence-corrected chi connectivity index (χ3v) is 3.10. The Balaban J connectivity index is 2.53. The van der Waals surface area contributed by atoms with Crippen LogP contribution in [0.4, 0.5) is 8.78 Å². The fourth-order valence-corrected chi connectivity index (χ4v) is 2.22. The lowest BCUT2D eigenvalue weighted by Crippen LogP contribution is -2.16. The number of halogens is 2. The highest BCUT2D eigenvalue weighted by Gasteiger charge is 2.16. The van der Waals surface area contributed by atoms with Gasteiger partial charge in [-0.05, 0) is 26.2 Å². The summed E-state index contributed by atoms with van der Waals surface area (Å²) in [7, 11) is 3.86. The Hall–Kier alpha value is -0.940. The molecule has 0 N–H and O–H groups in total. The van der Waals surface area contributed by atoms with Crippen LogP contribution in [0.25, 0.3) is 0 Å². The van der Waals surface area contributed by atoms with Gasteiger partial charge in [-0.15, -0.1) is 0 Å². The third kappa shape index (κ3) is 4.44. The molecule has 0 heterocycles. The van der Waals surface area contributed by atoms with Crippen molar-refractivity contribution in [2.24, 2.45) is 0 Å². The molecule has 0 spiro atoms. The molecule has 1 aromatic rings. The molecule has 0 aromatic heterocycles. The monoisotopic (exact) mass is 259 g/mol. The van der Waals surface area contributed by atoms with Gasteiger partial charge in [0.15, 0.2) is 5.78 Å². The van der Waals surface area contributed by atoms with Gasteiger partial charge in [-0.2, -0.15) is 11.8 Å². The molecule has 0 radical (unpaired) electrons. The minimum absolute atomic E-state index is 0.103. The molecule has 0 saturated carbocycles. The van der Waals surface area contributed by atoms with Crippen LogP contribution in [0, 0.1) is 11.6 Å². The van der Waals surface area contributed by atoms with Crippen molar-refractivity contribution in [3.05, 3.63) is 35.4 Å². The summed E-state index contributed by atoms with van der Waals surface area (Å²) in [5.74, 6) is -1.21. The highest BCUT2D eigenvalue weighted by molar-refractivity contribution is 8.00. The molecule has 0 aliphatic heterocycles. The Kier molecular flexibility index (Phi) is 5.58. The second-order valence-electron chi connectivity index (χ2n) is 3.88. The maximum Gasteiger partial charge on any atom is 0.178 e. The molecule has 0 unspecified atom stereocenters. The van der Waals surface area contributed by atoms with Gasteiger partial charge in [0, 0.05) is 12.3 Å². The number of carbonyl (C=O) groups excluding carboxylic acids is 1. The number of carbonyl (C=O) groups is 1. The molecule has 2 nitrogen and oxygen atoms in total. The summed E-state index contributed by atoms with van der Waals surface area (Å²) in [6.45, 7) is 0.831. The zero-order valence-electron chi connectivity index (χ0n) is 9.87. The summed E-state index contributed by atoms with van der Waals surface area (Å²) in [5, 5.41) is 0. The minimum Gasteiger partial charge on any atom is -0.309 e. The number of Topliss-reactive ketones (excluding diaryl/α,β-unsaturated/α-hetero) is 1. The van der Waals surface area contributed by atoms with E-state index in [1.165, 1.54) is 17.8 Å². The molecular weight excluding hydrogens is 244 g/mol. The average molecular weight is 259 g/mol. The van der Waals surface area contributed by atoms with Crippen molar-refractivity contribution < 1.29 is 13.6 Å². The van der Waals surface area contributed by atoms with Crippen molar-refractivity contribution in [1.82, 2.24) is 4.90 Å². The Labute approximate surface area is 104 Å². The molecule has 94 valence electrons. The first kappa shape index (κ1) is 14.1. The normalized spacial score (nSPS) is 10.9. The van der Waals surface area contributed by atoms with Crippen LogP contribution in [0.15, 0.2) is 18.2 Å². The zero-order valence-corrected chi connectivity index (χ0v) is 10.7. The zero-order chi connectivity index (χ0) is 12.8. The van der Waals surface area contributed by atoms with E-state index >= 15 is 0 Å². The predicted molar refractivity (Wildman–Crippen MR) is 66.6 cm³/mol. The van der Waals surface area contributed by atoms with E-state index in [1.807, 2.05) is 19.0 Å². The average Bonchev–Trinajstić information content (AvgIpc) is 2.24. The molecule has 0 amide bonds. The van der Waals surface area contributed by atoms with Gasteiger partial charge in [-0.3, -0.25) is 4.79 Å². The lowest BCUT2D eigenvalue weighted by atomic mass is 10.1. The first-order valence-corrected chi connectivity index (χ1v) is 6.37. The quantitative estimate of drug-likeness (QED) is 0.578. The summed E-state index contributed by atoms with van der Waals surface area (Å²) in [6.07, 6.45) is 0. The number of rotatable bonds is 6. The largest absolute Gasteiger partial charge is 0.309 e. The number of hydrogen-bond donors (Lipinski definition) is 0. The molecule has 1 rings (SSSR count). The van der Waals surface area contributed by atoms with E-state index in [1.54, 1.807) is 0 Å². The SMILES string of the molecule is CN(C)CCSCC(=O)c1c(F)cccc1F. The minimum atomic E-state index is -0.789. The van der Waals surface area contributed by atoms with Crippen LogP contribution in [-0.4, -0.2) is 42.8 Å². The molecule has 17 heavy (non-hydrogen) atoms. The van der Waals surface area contributed by atoms with Crippen LogP contribution >= 0.6 is 11.8 Å². The molecule has 0 aliphatic carbocycles. The van der Waals surface area contributed by atoms with Crippen LogP contribution in [0.1, 0.15) is 10.4 Å². The van der Waals surface area contributed by atoms with Gasteiger partial charge in [-0.25, -0.2) is 8.78 Å². The third-order valence-electron chi connectivity index (χ3n) is 2.16. The molecule has 0 saturated heterocycles. The fraction of sp³-hybridized carbons (Fsp3) is 0.417. The summed E-state index contributed by atoms with van der Waals surface area (Å²) in [6, 6.07) is 3.45. The maximum absolute atomic E-state index is 13.3. The first-order chi connectivity index (χ1) is 8.02. The van der Waals surface area contributed by atoms with Gasteiger partial charge in [0.05, 0.1) is 11.3 Å². The highest BCUT2D eigenvalue weighted by atomic mass is 32.2. The second-order valence-corrected chi connectivity index (χ2v) is 4.98. The maximum atomic E-state index is 13.3. The van der Waals surface area contributed by atoms with Gasteiger partial charge < -0.3 is 4.90 Å². The smallest absolute Gasteiger partial charge is 0.178 e. The van der Waals surface area contributed by atoms with Crippen LogP contribution in [0.2, 0.25) is 0 Å². The van der Waals surface area contributed by atoms with Crippen molar-refractivity contribution in [1.29, 1.82) is 0 Å². The van der Waals surface area contributed by atoms with Crippen molar-refractivity contribution in [2.45, 2.75) is 0 Å². The Morgan fingerprint density at radius 1 is 1.29 bits per heavy atom. The van der Waals surface area contributed by atoms with Gasteiger partial charge in [0.1, 0.15) is 11.6 Å². The van der Waals surface area contributed by atoms with E-state index in [9.17, 15) is 13.6 Å². The van der Waals surface area contributed by atoms with Gasteiger partial charge >= 0.3 is 0 Å². The summed E-state index contributed by atoms with van der Waals surface area (Å²) in [5.41, 5.74) is -0.426. The van der Waals surface area contributed by atoms with Gasteiger partial charge in [-0.1, -0.05) is 6.07 Å². The van der Waals surface area contributed by atoms with Crippen molar-refractivity contribution >= 4 is 17.5 Å². The number of benzene rings is 1. The predicted octanol–water partition coefficient (Wildman–Crippen LogP) is 2.44. The Morgan fingerprint density at radius 2 is 1.88 bits per heavy atom. The first-order valence-electron chi connectivity index (χ1n) is 5.22. The molecular formula is C12H15F2NOS. The van der Waals surface area contributed by atoms with Crippen molar-refractivity contribution in [3.63, 3.8) is 0 Å². The van der Waals surface area contributed by atoms with Gasteiger partial charge in [0.2, 0.25) is 0 Å². The van der Waals surface area contributed by atoms with Crippen LogP contribution in [-0.2, 0) is 0 Å². The van der Waals surface area contributed by atoms with E-state index < -0.39 is 23.0 Å². The second kappa shape index (κ2) is 6.71. The van der Waals surface area contributed by atoms with E-state index in [0.29, 0.717) is 0 Å².